The molecule has 4 heteroatoms. The van der Waals surface area contributed by atoms with Gasteiger partial charge in [-0.3, -0.25) is 4.68 Å². The topological polar surface area (TPSA) is 53.1 Å². The fourth-order valence-electron chi connectivity index (χ4n) is 1.51. The number of hydrogen-bond acceptors (Lipinski definition) is 3. The van der Waals surface area contributed by atoms with E-state index < -0.39 is 0 Å². The van der Waals surface area contributed by atoms with Crippen LogP contribution >= 0.6 is 0 Å². The zero-order chi connectivity index (χ0) is 11.3. The van der Waals surface area contributed by atoms with Gasteiger partial charge in [-0.05, 0) is 19.8 Å². The minimum absolute atomic E-state index is 0.0190. The lowest BCUT2D eigenvalue weighted by Crippen LogP contribution is -2.17. The maximum atomic E-state index is 6.05. The van der Waals surface area contributed by atoms with Gasteiger partial charge < -0.3 is 10.5 Å². The van der Waals surface area contributed by atoms with Crippen molar-refractivity contribution >= 4 is 0 Å². The maximum Gasteiger partial charge on any atom is 0.0561 e. The molecule has 1 heterocycles. The first-order valence-electron chi connectivity index (χ1n) is 5.48. The van der Waals surface area contributed by atoms with Gasteiger partial charge in [-0.1, -0.05) is 6.92 Å². The molecule has 0 saturated heterocycles. The first-order valence-corrected chi connectivity index (χ1v) is 5.48. The zero-order valence-electron chi connectivity index (χ0n) is 9.81. The highest BCUT2D eigenvalue weighted by molar-refractivity contribution is 5.09. The molecule has 86 valence electrons. The number of nitrogens with zero attached hydrogens (tertiary/aromatic N) is 2. The summed E-state index contributed by atoms with van der Waals surface area (Å²) in [7, 11) is 1.71. The normalized spacial score (nSPS) is 15.2. The molecule has 1 rings (SSSR count). The summed E-state index contributed by atoms with van der Waals surface area (Å²) in [4.78, 5) is 0. The van der Waals surface area contributed by atoms with E-state index in [4.69, 9.17) is 10.5 Å². The van der Waals surface area contributed by atoms with Crippen molar-refractivity contribution in [1.29, 1.82) is 0 Å². The van der Waals surface area contributed by atoms with Crippen molar-refractivity contribution in [2.75, 3.05) is 7.11 Å². The van der Waals surface area contributed by atoms with Crippen LogP contribution in [0, 0.1) is 0 Å². The lowest BCUT2D eigenvalue weighted by molar-refractivity contribution is 0.104. The van der Waals surface area contributed by atoms with Gasteiger partial charge in [0.1, 0.15) is 0 Å². The standard InChI is InChI=1S/C11H21N3O/c1-4-5-14-8-10(7-13-14)11(12)6-9(2)15-3/h7-9,11H,4-6,12H2,1-3H3. The average molecular weight is 211 g/mol. The van der Waals surface area contributed by atoms with Crippen LogP contribution in [0.15, 0.2) is 12.4 Å². The SMILES string of the molecule is CCCn1cc(C(N)CC(C)OC)cn1. The van der Waals surface area contributed by atoms with Crippen LogP contribution < -0.4 is 5.73 Å². The lowest BCUT2D eigenvalue weighted by atomic mass is 10.1. The van der Waals surface area contributed by atoms with Crippen LogP contribution in [0.1, 0.15) is 38.3 Å². The molecule has 0 bridgehead atoms. The van der Waals surface area contributed by atoms with E-state index in [1.165, 1.54) is 0 Å². The summed E-state index contributed by atoms with van der Waals surface area (Å²) in [5.41, 5.74) is 7.14. The van der Waals surface area contributed by atoms with Crippen molar-refractivity contribution in [1.82, 2.24) is 9.78 Å². The molecule has 0 amide bonds. The average Bonchev–Trinajstić information content (AvgIpc) is 2.67. The third-order valence-electron chi connectivity index (χ3n) is 2.52. The van der Waals surface area contributed by atoms with Crippen LogP contribution in [-0.4, -0.2) is 23.0 Å². The number of rotatable bonds is 6. The Morgan fingerprint density at radius 2 is 2.33 bits per heavy atom. The summed E-state index contributed by atoms with van der Waals surface area (Å²) >= 11 is 0. The first kappa shape index (κ1) is 12.2. The number of methoxy groups -OCH3 is 1. The van der Waals surface area contributed by atoms with E-state index in [2.05, 4.69) is 12.0 Å². The fourth-order valence-corrected chi connectivity index (χ4v) is 1.51. The largest absolute Gasteiger partial charge is 0.382 e. The van der Waals surface area contributed by atoms with Crippen molar-refractivity contribution < 1.29 is 4.74 Å². The molecule has 0 aliphatic rings. The molecule has 0 radical (unpaired) electrons. The van der Waals surface area contributed by atoms with Gasteiger partial charge in [0.25, 0.3) is 0 Å². The van der Waals surface area contributed by atoms with Crippen molar-refractivity contribution in [3.63, 3.8) is 0 Å². The molecule has 2 unspecified atom stereocenters. The van der Waals surface area contributed by atoms with Gasteiger partial charge in [-0.15, -0.1) is 0 Å². The Morgan fingerprint density at radius 1 is 1.60 bits per heavy atom. The third-order valence-corrected chi connectivity index (χ3v) is 2.52. The van der Waals surface area contributed by atoms with E-state index in [0.717, 1.165) is 24.9 Å². The zero-order valence-corrected chi connectivity index (χ0v) is 9.81. The molecular weight excluding hydrogens is 190 g/mol. The molecule has 1 aromatic rings. The summed E-state index contributed by atoms with van der Waals surface area (Å²) in [6.07, 6.45) is 5.98. The Bertz CT molecular complexity index is 285. The van der Waals surface area contributed by atoms with Crippen molar-refractivity contribution in [2.45, 2.75) is 45.4 Å². The second-order valence-corrected chi connectivity index (χ2v) is 3.93. The molecule has 0 aliphatic carbocycles. The number of ether oxygens (including phenoxy) is 1. The van der Waals surface area contributed by atoms with Gasteiger partial charge >= 0.3 is 0 Å². The Kier molecular flexibility index (Phi) is 4.78. The summed E-state index contributed by atoms with van der Waals surface area (Å²) in [5, 5.41) is 4.26. The van der Waals surface area contributed by atoms with Crippen LogP contribution in [0.25, 0.3) is 0 Å². The first-order chi connectivity index (χ1) is 7.17. The van der Waals surface area contributed by atoms with E-state index >= 15 is 0 Å². The molecule has 0 spiro atoms. The molecule has 2 atom stereocenters. The minimum atomic E-state index is 0.0190. The second-order valence-electron chi connectivity index (χ2n) is 3.93. The number of hydrogen-bond donors (Lipinski definition) is 1. The van der Waals surface area contributed by atoms with E-state index in [-0.39, 0.29) is 12.1 Å². The Hall–Kier alpha value is -0.870. The highest BCUT2D eigenvalue weighted by Crippen LogP contribution is 2.16. The second kappa shape index (κ2) is 5.88. The van der Waals surface area contributed by atoms with Gasteiger partial charge in [0, 0.05) is 31.5 Å². The third kappa shape index (κ3) is 3.64. The van der Waals surface area contributed by atoms with E-state index in [9.17, 15) is 0 Å². The van der Waals surface area contributed by atoms with Crippen LogP contribution in [0.3, 0.4) is 0 Å². The molecule has 2 N–H and O–H groups in total. The summed E-state index contributed by atoms with van der Waals surface area (Å²) < 4.78 is 7.13. The van der Waals surface area contributed by atoms with E-state index in [0.29, 0.717) is 0 Å². The van der Waals surface area contributed by atoms with Gasteiger partial charge in [-0.25, -0.2) is 0 Å². The molecule has 0 fully saturated rings. The molecule has 1 aromatic heterocycles. The monoisotopic (exact) mass is 211 g/mol. The Balaban J connectivity index is 2.53. The fraction of sp³-hybridized carbons (Fsp3) is 0.727. The number of aromatic nitrogens is 2. The molecule has 4 nitrogen and oxygen atoms in total. The molecule has 15 heavy (non-hydrogen) atoms. The number of nitrogens with two attached hydrogens (primary N) is 1. The van der Waals surface area contributed by atoms with Crippen molar-refractivity contribution in [2.24, 2.45) is 5.73 Å². The van der Waals surface area contributed by atoms with Gasteiger partial charge in [0.05, 0.1) is 12.3 Å². The molecular formula is C11H21N3O. The molecule has 0 aromatic carbocycles. The lowest BCUT2D eigenvalue weighted by Gasteiger charge is -2.14. The van der Waals surface area contributed by atoms with Crippen LogP contribution in [0.2, 0.25) is 0 Å². The Labute approximate surface area is 91.4 Å². The van der Waals surface area contributed by atoms with Gasteiger partial charge in [0.2, 0.25) is 0 Å². The van der Waals surface area contributed by atoms with E-state index in [1.54, 1.807) is 7.11 Å². The van der Waals surface area contributed by atoms with Crippen LogP contribution in [0.4, 0.5) is 0 Å². The van der Waals surface area contributed by atoms with Gasteiger partial charge in [0.15, 0.2) is 0 Å². The summed E-state index contributed by atoms with van der Waals surface area (Å²) in [5.74, 6) is 0. The highest BCUT2D eigenvalue weighted by Gasteiger charge is 2.12. The van der Waals surface area contributed by atoms with Crippen LogP contribution in [0.5, 0.6) is 0 Å². The molecule has 0 aliphatic heterocycles. The van der Waals surface area contributed by atoms with Crippen molar-refractivity contribution in [3.05, 3.63) is 18.0 Å². The van der Waals surface area contributed by atoms with Crippen LogP contribution in [-0.2, 0) is 11.3 Å². The predicted octanol–water partition coefficient (Wildman–Crippen LogP) is 1.72. The molecule has 0 saturated carbocycles. The van der Waals surface area contributed by atoms with Gasteiger partial charge in [-0.2, -0.15) is 5.10 Å². The Morgan fingerprint density at radius 3 is 2.93 bits per heavy atom. The smallest absolute Gasteiger partial charge is 0.0561 e. The summed E-state index contributed by atoms with van der Waals surface area (Å²) in [6, 6.07) is 0.0190. The highest BCUT2D eigenvalue weighted by atomic mass is 16.5. The maximum absolute atomic E-state index is 6.05. The minimum Gasteiger partial charge on any atom is -0.382 e. The predicted molar refractivity (Wildman–Crippen MR) is 60.5 cm³/mol. The number of aryl methyl sites for hydroxylation is 1. The van der Waals surface area contributed by atoms with E-state index in [1.807, 2.05) is 24.0 Å². The quantitative estimate of drug-likeness (QED) is 0.779. The summed E-state index contributed by atoms with van der Waals surface area (Å²) in [6.45, 7) is 5.11. The van der Waals surface area contributed by atoms with Crippen molar-refractivity contribution in [3.8, 4) is 0 Å².